The van der Waals surface area contributed by atoms with Crippen LogP contribution in [0.2, 0.25) is 5.02 Å². The molecule has 0 atom stereocenters. The van der Waals surface area contributed by atoms with Gasteiger partial charge in [-0.25, -0.2) is 0 Å². The Morgan fingerprint density at radius 3 is 2.71 bits per heavy atom. The van der Waals surface area contributed by atoms with Crippen LogP contribution in [0.25, 0.3) is 0 Å². The van der Waals surface area contributed by atoms with Crippen molar-refractivity contribution < 1.29 is 9.53 Å². The first-order valence-electron chi connectivity index (χ1n) is 5.77. The lowest BCUT2D eigenvalue weighted by Gasteiger charge is -2.24. The number of halogens is 1. The van der Waals surface area contributed by atoms with Gasteiger partial charge in [-0.05, 0) is 37.5 Å². The van der Waals surface area contributed by atoms with Gasteiger partial charge < -0.3 is 10.1 Å². The van der Waals surface area contributed by atoms with Gasteiger partial charge in [0.25, 0.3) is 0 Å². The first-order valence-corrected chi connectivity index (χ1v) is 6.14. The zero-order valence-electron chi connectivity index (χ0n) is 10.0. The summed E-state index contributed by atoms with van der Waals surface area (Å²) in [6, 6.07) is 3.54. The summed E-state index contributed by atoms with van der Waals surface area (Å²) in [5.41, 5.74) is 1.58. The molecule has 1 fully saturated rings. The minimum atomic E-state index is 0.0659. The Hall–Kier alpha value is -1.22. The molecule has 2 rings (SSSR count). The highest BCUT2D eigenvalue weighted by Gasteiger charge is 2.26. The standard InChI is InChI=1S/C13H16ClNO2/c1-8-6-10(14)7-11(12(8)17-2)15-13(16)9-4-3-5-9/h6-7,9H,3-5H2,1-2H3,(H,15,16). The summed E-state index contributed by atoms with van der Waals surface area (Å²) in [4.78, 5) is 11.9. The van der Waals surface area contributed by atoms with Gasteiger partial charge in [-0.3, -0.25) is 4.79 Å². The molecule has 0 bridgehead atoms. The van der Waals surface area contributed by atoms with Gasteiger partial charge in [0.15, 0.2) is 0 Å². The van der Waals surface area contributed by atoms with Crippen LogP contribution in [0.5, 0.6) is 5.75 Å². The summed E-state index contributed by atoms with van der Waals surface area (Å²) < 4.78 is 5.29. The van der Waals surface area contributed by atoms with Crippen molar-refractivity contribution in [3.8, 4) is 5.75 Å². The molecule has 4 heteroatoms. The van der Waals surface area contributed by atoms with E-state index in [-0.39, 0.29) is 11.8 Å². The summed E-state index contributed by atoms with van der Waals surface area (Å²) in [5.74, 6) is 0.900. The van der Waals surface area contributed by atoms with Gasteiger partial charge in [-0.1, -0.05) is 18.0 Å². The Morgan fingerprint density at radius 1 is 1.47 bits per heavy atom. The molecule has 1 saturated carbocycles. The number of hydrogen-bond acceptors (Lipinski definition) is 2. The van der Waals surface area contributed by atoms with E-state index in [1.165, 1.54) is 0 Å². The van der Waals surface area contributed by atoms with Crippen LogP contribution in [0.4, 0.5) is 5.69 Å². The summed E-state index contributed by atoms with van der Waals surface area (Å²) in [6.07, 6.45) is 3.10. The Kier molecular flexibility index (Phi) is 3.57. The van der Waals surface area contributed by atoms with Gasteiger partial charge in [0, 0.05) is 10.9 Å². The van der Waals surface area contributed by atoms with Gasteiger partial charge in [0.1, 0.15) is 5.75 Å². The predicted octanol–water partition coefficient (Wildman–Crippen LogP) is 3.40. The summed E-state index contributed by atoms with van der Waals surface area (Å²) in [7, 11) is 1.59. The third-order valence-corrected chi connectivity index (χ3v) is 3.40. The molecule has 1 aromatic carbocycles. The molecule has 0 aromatic heterocycles. The number of carbonyl (C=O) groups excluding carboxylic acids is 1. The molecule has 1 N–H and O–H groups in total. The molecule has 0 saturated heterocycles. The van der Waals surface area contributed by atoms with E-state index in [1.807, 2.05) is 13.0 Å². The van der Waals surface area contributed by atoms with Crippen LogP contribution in [0.15, 0.2) is 12.1 Å². The van der Waals surface area contributed by atoms with Crippen LogP contribution >= 0.6 is 11.6 Å². The first kappa shape index (κ1) is 12.2. The SMILES string of the molecule is COc1c(C)cc(Cl)cc1NC(=O)C1CCC1. The Bertz CT molecular complexity index is 441. The van der Waals surface area contributed by atoms with Crippen molar-refractivity contribution in [2.75, 3.05) is 12.4 Å². The Labute approximate surface area is 106 Å². The van der Waals surface area contributed by atoms with Crippen molar-refractivity contribution in [2.24, 2.45) is 5.92 Å². The van der Waals surface area contributed by atoms with E-state index in [2.05, 4.69) is 5.32 Å². The van der Waals surface area contributed by atoms with Crippen LogP contribution in [0.3, 0.4) is 0 Å². The van der Waals surface area contributed by atoms with Crippen LogP contribution in [-0.2, 0) is 4.79 Å². The molecule has 0 aliphatic heterocycles. The second-order valence-corrected chi connectivity index (χ2v) is 4.86. The molecule has 0 heterocycles. The largest absolute Gasteiger partial charge is 0.494 e. The molecule has 17 heavy (non-hydrogen) atoms. The van der Waals surface area contributed by atoms with Gasteiger partial charge in [-0.2, -0.15) is 0 Å². The van der Waals surface area contributed by atoms with E-state index < -0.39 is 0 Å². The molecule has 1 amide bonds. The molecule has 1 aliphatic carbocycles. The fraction of sp³-hybridized carbons (Fsp3) is 0.462. The highest BCUT2D eigenvalue weighted by atomic mass is 35.5. The van der Waals surface area contributed by atoms with Gasteiger partial charge >= 0.3 is 0 Å². The zero-order valence-corrected chi connectivity index (χ0v) is 10.8. The smallest absolute Gasteiger partial charge is 0.227 e. The number of anilines is 1. The highest BCUT2D eigenvalue weighted by molar-refractivity contribution is 6.31. The quantitative estimate of drug-likeness (QED) is 0.897. The highest BCUT2D eigenvalue weighted by Crippen LogP contribution is 2.34. The van der Waals surface area contributed by atoms with E-state index in [9.17, 15) is 4.79 Å². The second-order valence-electron chi connectivity index (χ2n) is 4.42. The zero-order chi connectivity index (χ0) is 12.4. The van der Waals surface area contributed by atoms with Crippen LogP contribution < -0.4 is 10.1 Å². The summed E-state index contributed by atoms with van der Waals surface area (Å²) >= 11 is 5.98. The number of carbonyl (C=O) groups is 1. The minimum absolute atomic E-state index is 0.0659. The topological polar surface area (TPSA) is 38.3 Å². The van der Waals surface area contributed by atoms with Gasteiger partial charge in [-0.15, -0.1) is 0 Å². The Morgan fingerprint density at radius 2 is 2.18 bits per heavy atom. The molecular formula is C13H16ClNO2. The van der Waals surface area contributed by atoms with E-state index >= 15 is 0 Å². The van der Waals surface area contributed by atoms with E-state index in [4.69, 9.17) is 16.3 Å². The number of nitrogens with one attached hydrogen (secondary N) is 1. The fourth-order valence-electron chi connectivity index (χ4n) is 2.00. The van der Waals surface area contributed by atoms with E-state index in [1.54, 1.807) is 13.2 Å². The molecule has 0 unspecified atom stereocenters. The van der Waals surface area contributed by atoms with Crippen molar-refractivity contribution in [3.05, 3.63) is 22.7 Å². The maximum absolute atomic E-state index is 11.9. The molecule has 1 aromatic rings. The van der Waals surface area contributed by atoms with Crippen molar-refractivity contribution in [2.45, 2.75) is 26.2 Å². The number of aryl methyl sites for hydroxylation is 1. The van der Waals surface area contributed by atoms with Crippen LogP contribution in [-0.4, -0.2) is 13.0 Å². The Balaban J connectivity index is 2.21. The summed E-state index contributed by atoms with van der Waals surface area (Å²) in [6.45, 7) is 1.91. The third kappa shape index (κ3) is 2.55. The average Bonchev–Trinajstić information content (AvgIpc) is 2.13. The molecule has 3 nitrogen and oxygen atoms in total. The van der Waals surface area contributed by atoms with Crippen LogP contribution in [0.1, 0.15) is 24.8 Å². The number of rotatable bonds is 3. The molecule has 92 valence electrons. The predicted molar refractivity (Wildman–Crippen MR) is 68.7 cm³/mol. The molecular weight excluding hydrogens is 238 g/mol. The molecule has 1 aliphatic rings. The van der Waals surface area contributed by atoms with Crippen molar-refractivity contribution in [1.29, 1.82) is 0 Å². The number of ether oxygens (including phenoxy) is 1. The number of benzene rings is 1. The first-order chi connectivity index (χ1) is 8.11. The van der Waals surface area contributed by atoms with E-state index in [0.717, 1.165) is 24.8 Å². The van der Waals surface area contributed by atoms with Crippen molar-refractivity contribution in [1.82, 2.24) is 0 Å². The van der Waals surface area contributed by atoms with Gasteiger partial charge in [0.05, 0.1) is 12.8 Å². The van der Waals surface area contributed by atoms with Crippen LogP contribution in [0, 0.1) is 12.8 Å². The number of methoxy groups -OCH3 is 1. The van der Waals surface area contributed by atoms with Gasteiger partial charge in [0.2, 0.25) is 5.91 Å². The van der Waals surface area contributed by atoms with E-state index in [0.29, 0.717) is 16.5 Å². The van der Waals surface area contributed by atoms with Crippen molar-refractivity contribution in [3.63, 3.8) is 0 Å². The molecule has 0 spiro atoms. The maximum atomic E-state index is 11.9. The second kappa shape index (κ2) is 4.96. The fourth-order valence-corrected chi connectivity index (χ4v) is 2.27. The van der Waals surface area contributed by atoms with Crippen molar-refractivity contribution >= 4 is 23.2 Å². The third-order valence-electron chi connectivity index (χ3n) is 3.18. The lowest BCUT2D eigenvalue weighted by molar-refractivity contribution is -0.122. The molecule has 0 radical (unpaired) electrons. The maximum Gasteiger partial charge on any atom is 0.227 e. The average molecular weight is 254 g/mol. The normalized spacial score (nSPS) is 15.2. The number of hydrogen-bond donors (Lipinski definition) is 1. The summed E-state index contributed by atoms with van der Waals surface area (Å²) in [5, 5.41) is 3.50. The lowest BCUT2D eigenvalue weighted by atomic mass is 9.85. The minimum Gasteiger partial charge on any atom is -0.494 e. The monoisotopic (exact) mass is 253 g/mol. The number of amides is 1. The lowest BCUT2D eigenvalue weighted by Crippen LogP contribution is -2.28.